The Labute approximate surface area is 87.9 Å². The molecule has 0 aliphatic heterocycles. The third-order valence-corrected chi connectivity index (χ3v) is 2.78. The summed E-state index contributed by atoms with van der Waals surface area (Å²) < 4.78 is 26.1. The van der Waals surface area contributed by atoms with Gasteiger partial charge in [0.1, 0.15) is 0 Å². The Bertz CT molecular complexity index is 375. The van der Waals surface area contributed by atoms with Crippen LogP contribution in [0.5, 0.6) is 0 Å². The highest BCUT2D eigenvalue weighted by Crippen LogP contribution is 2.35. The number of nitrogens with zero attached hydrogens (tertiary/aromatic N) is 1. The van der Waals surface area contributed by atoms with Crippen LogP contribution in [0.1, 0.15) is 12.8 Å². The second-order valence-electron chi connectivity index (χ2n) is 3.88. The first-order valence-corrected chi connectivity index (χ1v) is 5.03. The van der Waals surface area contributed by atoms with Gasteiger partial charge in [-0.2, -0.15) is 0 Å². The van der Waals surface area contributed by atoms with Crippen molar-refractivity contribution in [3.63, 3.8) is 0 Å². The SMILES string of the molecule is CNc1cc(F)c(F)cc1N(C)C1CC1. The summed E-state index contributed by atoms with van der Waals surface area (Å²) in [7, 11) is 3.61. The highest BCUT2D eigenvalue weighted by molar-refractivity contribution is 5.70. The van der Waals surface area contributed by atoms with Crippen LogP contribution in [0.3, 0.4) is 0 Å². The molecule has 1 aromatic carbocycles. The van der Waals surface area contributed by atoms with Crippen LogP contribution in [-0.2, 0) is 0 Å². The molecule has 0 amide bonds. The maximum Gasteiger partial charge on any atom is 0.161 e. The van der Waals surface area contributed by atoms with Gasteiger partial charge in [0.15, 0.2) is 11.6 Å². The van der Waals surface area contributed by atoms with Gasteiger partial charge in [-0.15, -0.1) is 0 Å². The van der Waals surface area contributed by atoms with Gasteiger partial charge >= 0.3 is 0 Å². The summed E-state index contributed by atoms with van der Waals surface area (Å²) in [5, 5.41) is 2.88. The summed E-state index contributed by atoms with van der Waals surface area (Å²) in [5.74, 6) is -1.61. The van der Waals surface area contributed by atoms with Gasteiger partial charge in [-0.05, 0) is 12.8 Å². The van der Waals surface area contributed by atoms with E-state index in [1.54, 1.807) is 7.05 Å². The lowest BCUT2D eigenvalue weighted by molar-refractivity contribution is 0.509. The van der Waals surface area contributed by atoms with Crippen LogP contribution in [0.2, 0.25) is 0 Å². The summed E-state index contributed by atoms with van der Waals surface area (Å²) in [6.45, 7) is 0. The molecule has 0 aromatic heterocycles. The van der Waals surface area contributed by atoms with Crippen molar-refractivity contribution >= 4 is 11.4 Å². The number of rotatable bonds is 3. The fourth-order valence-corrected chi connectivity index (χ4v) is 1.69. The molecule has 1 aromatic rings. The quantitative estimate of drug-likeness (QED) is 0.828. The van der Waals surface area contributed by atoms with Crippen LogP contribution in [0, 0.1) is 11.6 Å². The maximum atomic E-state index is 13.1. The van der Waals surface area contributed by atoms with Gasteiger partial charge in [-0.25, -0.2) is 8.78 Å². The topological polar surface area (TPSA) is 15.3 Å². The highest BCUT2D eigenvalue weighted by atomic mass is 19.2. The molecular formula is C11H14F2N2. The van der Waals surface area contributed by atoms with Crippen LogP contribution in [0.25, 0.3) is 0 Å². The van der Waals surface area contributed by atoms with E-state index in [1.165, 1.54) is 12.1 Å². The number of halogens is 2. The number of hydrogen-bond acceptors (Lipinski definition) is 2. The second kappa shape index (κ2) is 3.68. The molecular weight excluding hydrogens is 198 g/mol. The maximum absolute atomic E-state index is 13.1. The average molecular weight is 212 g/mol. The number of nitrogens with one attached hydrogen (secondary N) is 1. The lowest BCUT2D eigenvalue weighted by atomic mass is 10.2. The van der Waals surface area contributed by atoms with Crippen LogP contribution in [0.15, 0.2) is 12.1 Å². The third-order valence-electron chi connectivity index (χ3n) is 2.78. The molecule has 0 atom stereocenters. The molecule has 15 heavy (non-hydrogen) atoms. The molecule has 1 saturated carbocycles. The van der Waals surface area contributed by atoms with Crippen molar-refractivity contribution in [2.24, 2.45) is 0 Å². The standard InChI is InChI=1S/C11H14F2N2/c1-14-10-5-8(12)9(13)6-11(10)15(2)7-3-4-7/h5-7,14H,3-4H2,1-2H3. The Balaban J connectivity index is 2.39. The molecule has 2 nitrogen and oxygen atoms in total. The summed E-state index contributed by atoms with van der Waals surface area (Å²) >= 11 is 0. The first-order valence-electron chi connectivity index (χ1n) is 5.03. The summed E-state index contributed by atoms with van der Waals surface area (Å²) in [6, 6.07) is 2.92. The molecule has 1 fully saturated rings. The van der Waals surface area contributed by atoms with Crippen LogP contribution in [0.4, 0.5) is 20.2 Å². The fourth-order valence-electron chi connectivity index (χ4n) is 1.69. The van der Waals surface area contributed by atoms with E-state index in [4.69, 9.17) is 0 Å². The molecule has 1 N–H and O–H groups in total. The lowest BCUT2D eigenvalue weighted by Crippen LogP contribution is -2.21. The molecule has 0 bridgehead atoms. The zero-order valence-electron chi connectivity index (χ0n) is 8.85. The molecule has 2 rings (SSSR count). The Kier molecular flexibility index (Phi) is 2.50. The van der Waals surface area contributed by atoms with Gasteiger partial charge in [-0.3, -0.25) is 0 Å². The first kappa shape index (κ1) is 10.2. The predicted molar refractivity (Wildman–Crippen MR) is 57.3 cm³/mol. The Morgan fingerprint density at radius 1 is 1.27 bits per heavy atom. The molecule has 82 valence electrons. The minimum atomic E-state index is -0.813. The third kappa shape index (κ3) is 1.89. The molecule has 1 aliphatic carbocycles. The smallest absolute Gasteiger partial charge is 0.161 e. The molecule has 4 heteroatoms. The highest BCUT2D eigenvalue weighted by Gasteiger charge is 2.28. The molecule has 0 heterocycles. The normalized spacial score (nSPS) is 15.2. The summed E-state index contributed by atoms with van der Waals surface area (Å²) in [6.07, 6.45) is 2.25. The van der Waals surface area contributed by atoms with E-state index in [-0.39, 0.29) is 0 Å². The van der Waals surface area contributed by atoms with Gasteiger partial charge in [0.05, 0.1) is 11.4 Å². The number of benzene rings is 1. The van der Waals surface area contributed by atoms with E-state index in [1.807, 2.05) is 11.9 Å². The van der Waals surface area contributed by atoms with Crippen molar-refractivity contribution in [2.75, 3.05) is 24.3 Å². The van der Waals surface area contributed by atoms with E-state index in [9.17, 15) is 8.78 Å². The van der Waals surface area contributed by atoms with Crippen LogP contribution in [-0.4, -0.2) is 20.1 Å². The summed E-state index contributed by atoms with van der Waals surface area (Å²) in [5.41, 5.74) is 1.35. The van der Waals surface area contributed by atoms with E-state index < -0.39 is 11.6 Å². The lowest BCUT2D eigenvalue weighted by Gasteiger charge is -2.22. The minimum Gasteiger partial charge on any atom is -0.386 e. The number of anilines is 2. The Hall–Kier alpha value is -1.32. The van der Waals surface area contributed by atoms with E-state index in [0.29, 0.717) is 11.7 Å². The minimum absolute atomic E-state index is 0.474. The van der Waals surface area contributed by atoms with Crippen molar-refractivity contribution in [1.82, 2.24) is 0 Å². The molecule has 0 spiro atoms. The monoisotopic (exact) mass is 212 g/mol. The van der Waals surface area contributed by atoms with E-state index in [2.05, 4.69) is 5.32 Å². The van der Waals surface area contributed by atoms with E-state index >= 15 is 0 Å². The van der Waals surface area contributed by atoms with Crippen molar-refractivity contribution < 1.29 is 8.78 Å². The van der Waals surface area contributed by atoms with Gasteiger partial charge in [-0.1, -0.05) is 0 Å². The zero-order chi connectivity index (χ0) is 11.0. The summed E-state index contributed by atoms with van der Waals surface area (Å²) in [4.78, 5) is 1.99. The van der Waals surface area contributed by atoms with Gasteiger partial charge in [0.2, 0.25) is 0 Å². The van der Waals surface area contributed by atoms with Crippen molar-refractivity contribution in [3.8, 4) is 0 Å². The van der Waals surface area contributed by atoms with Crippen molar-refractivity contribution in [2.45, 2.75) is 18.9 Å². The predicted octanol–water partition coefficient (Wildman–Crippen LogP) is 2.61. The van der Waals surface area contributed by atoms with Crippen molar-refractivity contribution in [1.29, 1.82) is 0 Å². The average Bonchev–Trinajstić information content (AvgIpc) is 3.04. The first-order chi connectivity index (χ1) is 7.13. The van der Waals surface area contributed by atoms with Crippen molar-refractivity contribution in [3.05, 3.63) is 23.8 Å². The Morgan fingerprint density at radius 3 is 2.40 bits per heavy atom. The molecule has 1 aliphatic rings. The van der Waals surface area contributed by atoms with Gasteiger partial charge in [0, 0.05) is 32.3 Å². The number of hydrogen-bond donors (Lipinski definition) is 1. The van der Waals surface area contributed by atoms with Gasteiger partial charge < -0.3 is 10.2 Å². The molecule has 0 saturated heterocycles. The van der Waals surface area contributed by atoms with Crippen LogP contribution >= 0.6 is 0 Å². The van der Waals surface area contributed by atoms with E-state index in [0.717, 1.165) is 18.5 Å². The Morgan fingerprint density at radius 2 is 1.87 bits per heavy atom. The fraction of sp³-hybridized carbons (Fsp3) is 0.455. The second-order valence-corrected chi connectivity index (χ2v) is 3.88. The van der Waals surface area contributed by atoms with Crippen LogP contribution < -0.4 is 10.2 Å². The molecule has 0 unspecified atom stereocenters. The largest absolute Gasteiger partial charge is 0.386 e. The molecule has 0 radical (unpaired) electrons. The zero-order valence-corrected chi connectivity index (χ0v) is 8.85. The van der Waals surface area contributed by atoms with Gasteiger partial charge in [0.25, 0.3) is 0 Å².